The van der Waals surface area contributed by atoms with Crippen LogP contribution >= 0.6 is 11.3 Å². The first-order valence-electron chi connectivity index (χ1n) is 7.56. The monoisotopic (exact) mass is 328 g/mol. The first-order valence-corrected chi connectivity index (χ1v) is 8.51. The Morgan fingerprint density at radius 3 is 2.78 bits per heavy atom. The first kappa shape index (κ1) is 14.5. The van der Waals surface area contributed by atoms with Crippen LogP contribution in [0.2, 0.25) is 0 Å². The summed E-state index contributed by atoms with van der Waals surface area (Å²) in [6.07, 6.45) is 0.611. The Labute approximate surface area is 138 Å². The number of rotatable bonds is 1. The van der Waals surface area contributed by atoms with Crippen LogP contribution in [0.15, 0.2) is 29.0 Å². The molecule has 118 valence electrons. The molecular weight excluding hydrogens is 312 g/mol. The number of ether oxygens (including phenoxy) is 2. The normalized spacial score (nSPS) is 21.9. The fraction of sp³-hybridized carbons (Fsp3) is 0.333. The quantitative estimate of drug-likeness (QED) is 0.588. The Balaban J connectivity index is 1.94. The molecular formula is C18H16O4S. The maximum Gasteiger partial charge on any atom is 0.312 e. The van der Waals surface area contributed by atoms with E-state index in [1.165, 1.54) is 0 Å². The SMILES string of the molecule is CC1(C)CC(=O)c2ccc3c(c2O1)[C@H](c1ccsc1)CC(=O)O3. The maximum absolute atomic E-state index is 12.5. The van der Waals surface area contributed by atoms with Crippen LogP contribution < -0.4 is 9.47 Å². The summed E-state index contributed by atoms with van der Waals surface area (Å²) >= 11 is 1.59. The largest absolute Gasteiger partial charge is 0.486 e. The zero-order valence-corrected chi connectivity index (χ0v) is 13.7. The van der Waals surface area contributed by atoms with Gasteiger partial charge in [-0.05, 0) is 48.4 Å². The van der Waals surface area contributed by atoms with Crippen molar-refractivity contribution in [2.75, 3.05) is 0 Å². The lowest BCUT2D eigenvalue weighted by molar-refractivity contribution is -0.135. The Bertz CT molecular complexity index is 805. The van der Waals surface area contributed by atoms with E-state index >= 15 is 0 Å². The average molecular weight is 328 g/mol. The number of ketones is 1. The fourth-order valence-corrected chi connectivity index (χ4v) is 4.03. The lowest BCUT2D eigenvalue weighted by Crippen LogP contribution is -2.37. The molecule has 5 heteroatoms. The van der Waals surface area contributed by atoms with Gasteiger partial charge in [-0.25, -0.2) is 0 Å². The highest BCUT2D eigenvalue weighted by Gasteiger charge is 2.39. The number of carbonyl (C=O) groups is 2. The van der Waals surface area contributed by atoms with Crippen molar-refractivity contribution in [3.8, 4) is 11.5 Å². The number of Topliss-reactive ketones (excluding diaryl/α,β-unsaturated/α-hetero) is 1. The predicted molar refractivity (Wildman–Crippen MR) is 86.5 cm³/mol. The standard InChI is InChI=1S/C18H16O4S/c1-18(2)8-13(19)11-3-4-14-16(17(11)22-18)12(7-15(20)21-14)10-5-6-23-9-10/h3-6,9,12H,7-8H2,1-2H3/t12-/m0/s1. The zero-order valence-electron chi connectivity index (χ0n) is 12.9. The Hall–Kier alpha value is -2.14. The van der Waals surface area contributed by atoms with Gasteiger partial charge in [-0.2, -0.15) is 11.3 Å². The third kappa shape index (κ3) is 2.36. The Morgan fingerprint density at radius 1 is 1.22 bits per heavy atom. The van der Waals surface area contributed by atoms with Crippen LogP contribution in [0.1, 0.15) is 54.1 Å². The summed E-state index contributed by atoms with van der Waals surface area (Å²) in [5, 5.41) is 4.02. The zero-order chi connectivity index (χ0) is 16.2. The second kappa shape index (κ2) is 4.93. The highest BCUT2D eigenvalue weighted by atomic mass is 32.1. The molecule has 4 rings (SSSR count). The van der Waals surface area contributed by atoms with Crippen LogP contribution in [0.5, 0.6) is 11.5 Å². The van der Waals surface area contributed by atoms with Crippen molar-refractivity contribution in [1.29, 1.82) is 0 Å². The number of benzene rings is 1. The van der Waals surface area contributed by atoms with Crippen LogP contribution in [0.4, 0.5) is 0 Å². The number of thiophene rings is 1. The highest BCUT2D eigenvalue weighted by molar-refractivity contribution is 7.08. The number of esters is 1. The molecule has 3 heterocycles. The molecule has 0 spiro atoms. The first-order chi connectivity index (χ1) is 10.9. The van der Waals surface area contributed by atoms with Gasteiger partial charge < -0.3 is 9.47 Å². The van der Waals surface area contributed by atoms with Crippen LogP contribution in [0, 0.1) is 0 Å². The van der Waals surface area contributed by atoms with Gasteiger partial charge in [-0.15, -0.1) is 0 Å². The van der Waals surface area contributed by atoms with Gasteiger partial charge in [-0.3, -0.25) is 9.59 Å². The van der Waals surface area contributed by atoms with E-state index < -0.39 is 5.60 Å². The summed E-state index contributed by atoms with van der Waals surface area (Å²) in [5.74, 6) is 0.762. The van der Waals surface area contributed by atoms with E-state index in [0.29, 0.717) is 23.5 Å². The number of carbonyl (C=O) groups excluding carboxylic acids is 2. The van der Waals surface area contributed by atoms with E-state index in [9.17, 15) is 9.59 Å². The lowest BCUT2D eigenvalue weighted by atomic mass is 9.83. The molecule has 0 bridgehead atoms. The number of fused-ring (bicyclic) bond motifs is 3. The van der Waals surface area contributed by atoms with E-state index in [4.69, 9.17) is 9.47 Å². The van der Waals surface area contributed by atoms with Gasteiger partial charge in [-0.1, -0.05) is 0 Å². The summed E-state index contributed by atoms with van der Waals surface area (Å²) in [5.41, 5.74) is 1.91. The van der Waals surface area contributed by atoms with E-state index in [0.717, 1.165) is 11.1 Å². The molecule has 2 aliphatic heterocycles. The molecule has 2 aromatic rings. The van der Waals surface area contributed by atoms with E-state index in [-0.39, 0.29) is 24.1 Å². The molecule has 2 aliphatic rings. The van der Waals surface area contributed by atoms with Crippen LogP contribution in [-0.4, -0.2) is 17.4 Å². The lowest BCUT2D eigenvalue weighted by Gasteiger charge is -2.36. The van der Waals surface area contributed by atoms with Crippen molar-refractivity contribution in [1.82, 2.24) is 0 Å². The fourth-order valence-electron chi connectivity index (χ4n) is 3.32. The Kier molecular flexibility index (Phi) is 3.10. The van der Waals surface area contributed by atoms with E-state index in [2.05, 4.69) is 0 Å². The predicted octanol–water partition coefficient (Wildman–Crippen LogP) is 3.93. The van der Waals surface area contributed by atoms with Crippen molar-refractivity contribution in [2.45, 2.75) is 38.2 Å². The molecule has 4 nitrogen and oxygen atoms in total. The van der Waals surface area contributed by atoms with Gasteiger partial charge in [0.1, 0.15) is 17.1 Å². The van der Waals surface area contributed by atoms with E-state index in [1.54, 1.807) is 23.5 Å². The van der Waals surface area contributed by atoms with Gasteiger partial charge >= 0.3 is 5.97 Å². The van der Waals surface area contributed by atoms with Gasteiger partial charge in [0.15, 0.2) is 5.78 Å². The minimum atomic E-state index is -0.556. The number of hydrogen-bond donors (Lipinski definition) is 0. The molecule has 0 saturated carbocycles. The smallest absolute Gasteiger partial charge is 0.312 e. The summed E-state index contributed by atoms with van der Waals surface area (Å²) in [6, 6.07) is 5.42. The molecule has 0 amide bonds. The molecule has 0 radical (unpaired) electrons. The van der Waals surface area contributed by atoms with Crippen molar-refractivity contribution in [3.63, 3.8) is 0 Å². The van der Waals surface area contributed by atoms with Crippen molar-refractivity contribution >= 4 is 23.1 Å². The third-order valence-corrected chi connectivity index (χ3v) is 5.01. The molecule has 0 fully saturated rings. The van der Waals surface area contributed by atoms with Crippen LogP contribution in [-0.2, 0) is 4.79 Å². The summed E-state index contributed by atoms with van der Waals surface area (Å²) in [4.78, 5) is 24.4. The minimum absolute atomic E-state index is 0.0695. The number of hydrogen-bond acceptors (Lipinski definition) is 5. The van der Waals surface area contributed by atoms with Crippen LogP contribution in [0.3, 0.4) is 0 Å². The second-order valence-corrected chi connectivity index (χ2v) is 7.38. The molecule has 0 N–H and O–H groups in total. The summed E-state index contributed by atoms with van der Waals surface area (Å²) in [6.45, 7) is 3.81. The third-order valence-electron chi connectivity index (χ3n) is 4.31. The molecule has 0 unspecified atom stereocenters. The van der Waals surface area contributed by atoms with Gasteiger partial charge in [0.25, 0.3) is 0 Å². The molecule has 0 saturated heterocycles. The molecule has 1 aromatic carbocycles. The summed E-state index contributed by atoms with van der Waals surface area (Å²) < 4.78 is 11.5. The Morgan fingerprint density at radius 2 is 2.04 bits per heavy atom. The molecule has 23 heavy (non-hydrogen) atoms. The molecule has 1 atom stereocenters. The average Bonchev–Trinajstić information content (AvgIpc) is 2.98. The summed E-state index contributed by atoms with van der Waals surface area (Å²) in [7, 11) is 0. The molecule has 0 aliphatic carbocycles. The highest BCUT2D eigenvalue weighted by Crippen LogP contribution is 2.49. The topological polar surface area (TPSA) is 52.6 Å². The van der Waals surface area contributed by atoms with Crippen LogP contribution in [0.25, 0.3) is 0 Å². The second-order valence-electron chi connectivity index (χ2n) is 6.60. The van der Waals surface area contributed by atoms with Gasteiger partial charge in [0.2, 0.25) is 0 Å². The van der Waals surface area contributed by atoms with Crippen molar-refractivity contribution < 1.29 is 19.1 Å². The van der Waals surface area contributed by atoms with Crippen molar-refractivity contribution in [2.24, 2.45) is 0 Å². The molecule has 1 aromatic heterocycles. The van der Waals surface area contributed by atoms with Crippen molar-refractivity contribution in [3.05, 3.63) is 45.6 Å². The van der Waals surface area contributed by atoms with Gasteiger partial charge in [0.05, 0.1) is 18.4 Å². The van der Waals surface area contributed by atoms with E-state index in [1.807, 2.05) is 30.7 Å². The maximum atomic E-state index is 12.5. The minimum Gasteiger partial charge on any atom is -0.486 e. The van der Waals surface area contributed by atoms with Gasteiger partial charge in [0, 0.05) is 11.5 Å².